The third kappa shape index (κ3) is 9.12. The van der Waals surface area contributed by atoms with E-state index in [1.54, 1.807) is 30.3 Å². The first kappa shape index (κ1) is 34.1. The summed E-state index contributed by atoms with van der Waals surface area (Å²) >= 11 is 0. The summed E-state index contributed by atoms with van der Waals surface area (Å²) in [5.41, 5.74) is 9.50. The van der Waals surface area contributed by atoms with E-state index in [2.05, 4.69) is 9.97 Å². The van der Waals surface area contributed by atoms with E-state index in [9.17, 15) is 19.5 Å². The maximum Gasteiger partial charge on any atom is 0.417 e. The SMILES string of the molecule is CC(C)C[C@@H]([C@@H](O)CC(=O)N(C)C(c1ccccc1)c1ccccc1)N(C(=O)OCc1ccccc1)C(=O)[C@@H](N)Cc1cnc[nH]1. The van der Waals surface area contributed by atoms with Gasteiger partial charge in [0.2, 0.25) is 11.8 Å². The number of amides is 3. The fourth-order valence-electron chi connectivity index (χ4n) is 5.51. The highest BCUT2D eigenvalue weighted by Crippen LogP contribution is 2.29. The molecule has 46 heavy (non-hydrogen) atoms. The lowest BCUT2D eigenvalue weighted by Gasteiger charge is -2.36. The largest absolute Gasteiger partial charge is 0.444 e. The topological polar surface area (TPSA) is 142 Å². The molecule has 1 aromatic heterocycles. The second-order valence-electron chi connectivity index (χ2n) is 11.8. The average Bonchev–Trinajstić information content (AvgIpc) is 3.57. The fourth-order valence-corrected chi connectivity index (χ4v) is 5.51. The van der Waals surface area contributed by atoms with Gasteiger partial charge in [-0.25, -0.2) is 14.7 Å². The zero-order valence-corrected chi connectivity index (χ0v) is 26.5. The molecule has 3 aromatic carbocycles. The number of aliphatic hydroxyl groups excluding tert-OH is 1. The van der Waals surface area contributed by atoms with Gasteiger partial charge >= 0.3 is 6.09 Å². The van der Waals surface area contributed by atoms with Crippen molar-refractivity contribution in [1.29, 1.82) is 0 Å². The molecule has 0 unspecified atom stereocenters. The maximum absolute atomic E-state index is 13.9. The number of nitrogens with one attached hydrogen (secondary N) is 1. The number of imide groups is 1. The van der Waals surface area contributed by atoms with Gasteiger partial charge in [-0.05, 0) is 29.0 Å². The average molecular weight is 626 g/mol. The highest BCUT2D eigenvalue weighted by atomic mass is 16.6. The molecule has 0 aliphatic heterocycles. The van der Waals surface area contributed by atoms with E-state index < -0.39 is 36.2 Å². The third-order valence-electron chi connectivity index (χ3n) is 7.83. The van der Waals surface area contributed by atoms with Gasteiger partial charge in [-0.2, -0.15) is 0 Å². The van der Waals surface area contributed by atoms with Crippen molar-refractivity contribution in [3.05, 3.63) is 126 Å². The van der Waals surface area contributed by atoms with Crippen molar-refractivity contribution in [2.45, 2.75) is 63.9 Å². The van der Waals surface area contributed by atoms with Gasteiger partial charge in [0.15, 0.2) is 0 Å². The van der Waals surface area contributed by atoms with Crippen molar-refractivity contribution in [2.24, 2.45) is 11.7 Å². The highest BCUT2D eigenvalue weighted by molar-refractivity contribution is 5.95. The zero-order chi connectivity index (χ0) is 33.1. The Hall–Kier alpha value is -4.80. The van der Waals surface area contributed by atoms with Gasteiger partial charge in [-0.15, -0.1) is 0 Å². The van der Waals surface area contributed by atoms with Crippen LogP contribution in [0.5, 0.6) is 0 Å². The second kappa shape index (κ2) is 16.5. The molecule has 0 saturated heterocycles. The Morgan fingerprint density at radius 1 is 0.913 bits per heavy atom. The number of rotatable bonds is 14. The number of benzene rings is 3. The molecule has 3 amide bonds. The standard InChI is InChI=1S/C36H43N5O5/c1-25(2)19-31(32(42)21-33(43)40(3)34(27-15-9-5-10-16-27)28-17-11-6-12-18-28)41(35(44)30(37)20-29-22-38-24-39-29)36(45)46-23-26-13-7-4-8-14-26/h4-18,22,24-25,30-32,34,42H,19-21,23,37H2,1-3H3,(H,38,39)/t30-,31-,32-/m0/s1. The van der Waals surface area contributed by atoms with Gasteiger partial charge in [-0.1, -0.05) is 105 Å². The number of hydrogen-bond acceptors (Lipinski definition) is 7. The van der Waals surface area contributed by atoms with Gasteiger partial charge < -0.3 is 25.5 Å². The highest BCUT2D eigenvalue weighted by Gasteiger charge is 2.40. The maximum atomic E-state index is 13.9. The van der Waals surface area contributed by atoms with Crippen LogP contribution in [-0.4, -0.2) is 68.0 Å². The smallest absolute Gasteiger partial charge is 0.417 e. The molecule has 1 heterocycles. The van der Waals surface area contributed by atoms with Crippen molar-refractivity contribution in [1.82, 2.24) is 19.8 Å². The second-order valence-corrected chi connectivity index (χ2v) is 11.8. The molecular weight excluding hydrogens is 582 g/mol. The summed E-state index contributed by atoms with van der Waals surface area (Å²) in [6, 6.07) is 25.7. The van der Waals surface area contributed by atoms with Gasteiger partial charge in [0, 0.05) is 25.4 Å². The van der Waals surface area contributed by atoms with Crippen LogP contribution in [0.3, 0.4) is 0 Å². The summed E-state index contributed by atoms with van der Waals surface area (Å²) in [4.78, 5) is 50.9. The van der Waals surface area contributed by atoms with Crippen molar-refractivity contribution >= 4 is 17.9 Å². The molecule has 0 aliphatic rings. The first-order chi connectivity index (χ1) is 22.2. The van der Waals surface area contributed by atoms with Crippen LogP contribution in [0.15, 0.2) is 104 Å². The van der Waals surface area contributed by atoms with E-state index in [0.29, 0.717) is 5.69 Å². The minimum absolute atomic E-state index is 0.0464. The van der Waals surface area contributed by atoms with Crippen LogP contribution in [0, 0.1) is 5.92 Å². The van der Waals surface area contributed by atoms with E-state index in [1.807, 2.05) is 92.7 Å². The molecule has 10 nitrogen and oxygen atoms in total. The Balaban J connectivity index is 1.61. The van der Waals surface area contributed by atoms with Crippen LogP contribution in [0.1, 0.15) is 55.1 Å². The molecule has 4 N–H and O–H groups in total. The van der Waals surface area contributed by atoms with Crippen molar-refractivity contribution < 1.29 is 24.2 Å². The molecular formula is C36H43N5O5. The van der Waals surface area contributed by atoms with E-state index in [1.165, 1.54) is 6.33 Å². The Morgan fingerprint density at radius 3 is 2.00 bits per heavy atom. The Bertz CT molecular complexity index is 1480. The molecule has 0 saturated carbocycles. The third-order valence-corrected chi connectivity index (χ3v) is 7.83. The molecule has 4 aromatic rings. The molecule has 0 radical (unpaired) electrons. The summed E-state index contributed by atoms with van der Waals surface area (Å²) < 4.78 is 5.60. The monoisotopic (exact) mass is 625 g/mol. The van der Waals surface area contributed by atoms with Crippen molar-refractivity contribution in [2.75, 3.05) is 7.05 Å². The molecule has 0 spiro atoms. The van der Waals surface area contributed by atoms with Crippen LogP contribution in [0.4, 0.5) is 4.79 Å². The van der Waals surface area contributed by atoms with Gasteiger partial charge in [0.1, 0.15) is 6.61 Å². The Kier molecular flexibility index (Phi) is 12.2. The number of H-pyrrole nitrogens is 1. The Labute approximate surface area is 270 Å². The number of nitrogens with zero attached hydrogens (tertiary/aromatic N) is 3. The summed E-state index contributed by atoms with van der Waals surface area (Å²) in [7, 11) is 1.69. The van der Waals surface area contributed by atoms with Gasteiger partial charge in [-0.3, -0.25) is 9.59 Å². The van der Waals surface area contributed by atoms with Crippen LogP contribution < -0.4 is 5.73 Å². The van der Waals surface area contributed by atoms with Crippen LogP contribution in [0.2, 0.25) is 0 Å². The minimum Gasteiger partial charge on any atom is -0.444 e. The molecule has 3 atom stereocenters. The number of aromatic nitrogens is 2. The molecule has 242 valence electrons. The molecule has 0 aliphatic carbocycles. The summed E-state index contributed by atoms with van der Waals surface area (Å²) in [6.07, 6.45) is 0.670. The van der Waals surface area contributed by atoms with Gasteiger partial charge in [0.05, 0.1) is 37.0 Å². The van der Waals surface area contributed by atoms with Gasteiger partial charge in [0.25, 0.3) is 0 Å². The normalized spacial score (nSPS) is 13.2. The quantitative estimate of drug-likeness (QED) is 0.182. The number of aliphatic hydroxyl groups is 1. The minimum atomic E-state index is -1.39. The predicted molar refractivity (Wildman–Crippen MR) is 175 cm³/mol. The number of carbonyl (C=O) groups is 3. The number of hydrogen-bond donors (Lipinski definition) is 3. The van der Waals surface area contributed by atoms with Crippen LogP contribution >= 0.6 is 0 Å². The first-order valence-corrected chi connectivity index (χ1v) is 15.5. The number of nitrogens with two attached hydrogens (primary N) is 1. The lowest BCUT2D eigenvalue weighted by Crippen LogP contribution is -2.57. The molecule has 10 heteroatoms. The number of carbonyl (C=O) groups excluding carboxylic acids is 3. The fraction of sp³-hybridized carbons (Fsp3) is 0.333. The molecule has 0 fully saturated rings. The molecule has 4 rings (SSSR count). The number of ether oxygens (including phenoxy) is 1. The predicted octanol–water partition coefficient (Wildman–Crippen LogP) is 4.86. The summed E-state index contributed by atoms with van der Waals surface area (Å²) in [6.45, 7) is 3.75. The summed E-state index contributed by atoms with van der Waals surface area (Å²) in [5.74, 6) is -1.12. The number of imidazole rings is 1. The zero-order valence-electron chi connectivity index (χ0n) is 26.5. The van der Waals surface area contributed by atoms with Crippen LogP contribution in [-0.2, 0) is 27.4 Å². The summed E-state index contributed by atoms with van der Waals surface area (Å²) in [5, 5.41) is 11.7. The van der Waals surface area contributed by atoms with E-state index in [0.717, 1.165) is 21.6 Å². The van der Waals surface area contributed by atoms with E-state index >= 15 is 0 Å². The first-order valence-electron chi connectivity index (χ1n) is 15.5. The van der Waals surface area contributed by atoms with Crippen LogP contribution in [0.25, 0.3) is 0 Å². The number of aromatic amines is 1. The van der Waals surface area contributed by atoms with E-state index in [4.69, 9.17) is 10.5 Å². The van der Waals surface area contributed by atoms with E-state index in [-0.39, 0.29) is 37.7 Å². The van der Waals surface area contributed by atoms with Crippen molar-refractivity contribution in [3.63, 3.8) is 0 Å². The molecule has 0 bridgehead atoms. The lowest BCUT2D eigenvalue weighted by molar-refractivity contribution is -0.140. The lowest BCUT2D eigenvalue weighted by atomic mass is 9.93. The van der Waals surface area contributed by atoms with Crippen molar-refractivity contribution in [3.8, 4) is 0 Å². The Morgan fingerprint density at radius 2 is 1.48 bits per heavy atom.